The smallest absolute Gasteiger partial charge is 0.0626 e. The first-order chi connectivity index (χ1) is 13.1. The Morgan fingerprint density at radius 1 is 0.944 bits per heavy atom. The lowest BCUT2D eigenvalue weighted by atomic mass is 9.84. The Hall–Kier alpha value is -1.60. The predicted octanol–water partition coefficient (Wildman–Crippen LogP) is 3.57. The van der Waals surface area contributed by atoms with Crippen molar-refractivity contribution < 1.29 is 13.7 Å². The van der Waals surface area contributed by atoms with Crippen molar-refractivity contribution in [2.45, 2.75) is 24.8 Å². The molecule has 1 nitrogen and oxygen atoms in total. The Bertz CT molecular complexity index is 824. The van der Waals surface area contributed by atoms with E-state index in [1.165, 1.54) is 0 Å². The zero-order valence-corrected chi connectivity index (χ0v) is 9.78. The van der Waals surface area contributed by atoms with Crippen LogP contribution in [0.1, 0.15) is 43.6 Å². The third-order valence-corrected chi connectivity index (χ3v) is 3.16. The highest BCUT2D eigenvalue weighted by Crippen LogP contribution is 2.31. The second-order valence-electron chi connectivity index (χ2n) is 4.26. The van der Waals surface area contributed by atoms with E-state index in [4.69, 9.17) is 13.7 Å². The molecular formula is C17H19N. The monoisotopic (exact) mass is 247 g/mol. The molecule has 1 heterocycles. The molecule has 0 aliphatic carbocycles. The van der Waals surface area contributed by atoms with Crippen LogP contribution in [0.3, 0.4) is 0 Å². The van der Waals surface area contributed by atoms with Crippen molar-refractivity contribution in [3.63, 3.8) is 0 Å². The van der Waals surface area contributed by atoms with Crippen LogP contribution in [0.4, 0.5) is 0 Å². The van der Waals surface area contributed by atoms with Gasteiger partial charge in [0.1, 0.15) is 0 Å². The van der Waals surface area contributed by atoms with E-state index < -0.39 is 72.4 Å². The third-order valence-electron chi connectivity index (χ3n) is 3.16. The van der Waals surface area contributed by atoms with Crippen LogP contribution in [-0.4, -0.2) is 12.6 Å². The molecule has 2 aromatic carbocycles. The van der Waals surface area contributed by atoms with Gasteiger partial charge in [0.15, 0.2) is 0 Å². The predicted molar refractivity (Wildman–Crippen MR) is 75.8 cm³/mol. The van der Waals surface area contributed by atoms with Crippen LogP contribution in [-0.2, 0) is 0 Å². The second-order valence-corrected chi connectivity index (χ2v) is 4.26. The van der Waals surface area contributed by atoms with E-state index in [-0.39, 0.29) is 11.1 Å². The topological polar surface area (TPSA) is 12.0 Å². The van der Waals surface area contributed by atoms with E-state index in [9.17, 15) is 0 Å². The molecule has 1 aliphatic rings. The van der Waals surface area contributed by atoms with E-state index in [2.05, 4.69) is 5.32 Å². The maximum atomic E-state index is 8.32. The number of hydrogen-bond donors (Lipinski definition) is 1. The van der Waals surface area contributed by atoms with Crippen molar-refractivity contribution in [2.24, 2.45) is 0 Å². The summed E-state index contributed by atoms with van der Waals surface area (Å²) in [4.78, 5) is 0. The fraction of sp³-hybridized carbons (Fsp3) is 0.294. The average Bonchev–Trinajstić information content (AvgIpc) is 3.21. The zero-order valence-electron chi connectivity index (χ0n) is 19.8. The van der Waals surface area contributed by atoms with Crippen LogP contribution in [0.5, 0.6) is 0 Å². The Morgan fingerprint density at radius 3 is 1.94 bits per heavy atom. The van der Waals surface area contributed by atoms with Crippen molar-refractivity contribution in [3.05, 3.63) is 71.6 Å². The van der Waals surface area contributed by atoms with Crippen LogP contribution in [0.2, 0.25) is 0 Å². The molecule has 1 saturated heterocycles. The molecule has 3 rings (SSSR count). The van der Waals surface area contributed by atoms with Crippen molar-refractivity contribution in [1.82, 2.24) is 5.32 Å². The maximum absolute atomic E-state index is 8.32. The third kappa shape index (κ3) is 2.32. The fourth-order valence-electron chi connectivity index (χ4n) is 2.37. The second kappa shape index (κ2) is 5.36. The number of rotatable bonds is 3. The summed E-state index contributed by atoms with van der Waals surface area (Å²) in [5.74, 6) is -0.968. The van der Waals surface area contributed by atoms with Gasteiger partial charge in [-0.05, 0) is 30.5 Å². The Kier molecular flexibility index (Phi) is 1.44. The molecule has 1 atom stereocenters. The minimum atomic E-state index is -0.968. The van der Waals surface area contributed by atoms with Gasteiger partial charge < -0.3 is 5.32 Å². The van der Waals surface area contributed by atoms with E-state index >= 15 is 0 Å². The molecule has 0 amide bonds. The van der Waals surface area contributed by atoms with Gasteiger partial charge in [-0.2, -0.15) is 0 Å². The van der Waals surface area contributed by atoms with Gasteiger partial charge >= 0.3 is 0 Å². The Labute approximate surface area is 123 Å². The molecule has 1 aliphatic heterocycles. The normalized spacial score (nSPS) is 27.1. The Balaban J connectivity index is 2.40. The molecule has 1 heteroatoms. The molecule has 0 aromatic heterocycles. The van der Waals surface area contributed by atoms with Gasteiger partial charge in [-0.15, -0.1) is 0 Å². The molecule has 0 radical (unpaired) electrons. The largest absolute Gasteiger partial charge is 0.313 e. The summed E-state index contributed by atoms with van der Waals surface area (Å²) >= 11 is 0. The highest BCUT2D eigenvalue weighted by Gasteiger charge is 2.26. The first kappa shape index (κ1) is 4.82. The molecule has 18 heavy (non-hydrogen) atoms. The van der Waals surface area contributed by atoms with Crippen LogP contribution < -0.4 is 5.32 Å². The van der Waals surface area contributed by atoms with Crippen molar-refractivity contribution >= 4 is 0 Å². The summed E-state index contributed by atoms with van der Waals surface area (Å²) in [6.45, 7) is 0.637. The molecule has 92 valence electrons. The number of benzene rings is 2. The summed E-state index contributed by atoms with van der Waals surface area (Å²) in [7, 11) is 0. The van der Waals surface area contributed by atoms with Gasteiger partial charge in [0.2, 0.25) is 0 Å². The quantitative estimate of drug-likeness (QED) is 0.874. The molecule has 0 saturated carbocycles. The van der Waals surface area contributed by atoms with Crippen LogP contribution in [0.25, 0.3) is 0 Å². The standard InChI is InChI=1S/C17H19N/c1-3-8-14(9-4-1)17(16-12-7-13-18-16)15-10-5-2-6-11-15/h1-6,8-11,16-18H,7,12-13H2/t16-/m0/s1/i1D,2D,3D,4D,5D,6D,8D,9D,10D,11D. The van der Waals surface area contributed by atoms with Gasteiger partial charge in [-0.3, -0.25) is 0 Å². The lowest BCUT2D eigenvalue weighted by molar-refractivity contribution is 0.540. The molecular weight excluding hydrogens is 218 g/mol. The summed E-state index contributed by atoms with van der Waals surface area (Å²) in [6, 6.07) is -5.18. The highest BCUT2D eigenvalue weighted by molar-refractivity contribution is 5.34. The summed E-state index contributed by atoms with van der Waals surface area (Å²) < 4.78 is 80.7. The van der Waals surface area contributed by atoms with Gasteiger partial charge in [-0.1, -0.05) is 60.4 Å². The lowest BCUT2D eigenvalue weighted by Gasteiger charge is -2.25. The van der Waals surface area contributed by atoms with Crippen molar-refractivity contribution in [1.29, 1.82) is 0 Å². The minimum absolute atomic E-state index is 0.0519. The summed E-state index contributed by atoms with van der Waals surface area (Å²) in [5.41, 5.74) is -0.104. The van der Waals surface area contributed by atoms with E-state index in [0.29, 0.717) is 13.0 Å². The van der Waals surface area contributed by atoms with Gasteiger partial charge in [0.25, 0.3) is 0 Å². The first-order valence-electron chi connectivity index (χ1n) is 11.0. The van der Waals surface area contributed by atoms with Crippen LogP contribution >= 0.6 is 0 Å². The SMILES string of the molecule is [2H]c1c([2H])c([2H])c(C(c2c([2H])c([2H])c([2H])c([2H])c2[2H])[C@@H]2CCCN2)c([2H])c1[2H]. The molecule has 1 fully saturated rings. The van der Waals surface area contributed by atoms with E-state index in [1.54, 1.807) is 0 Å². The van der Waals surface area contributed by atoms with Crippen molar-refractivity contribution in [3.8, 4) is 0 Å². The van der Waals surface area contributed by atoms with Crippen molar-refractivity contribution in [2.75, 3.05) is 6.54 Å². The average molecular weight is 247 g/mol. The first-order valence-corrected chi connectivity index (χ1v) is 5.96. The fourth-order valence-corrected chi connectivity index (χ4v) is 2.37. The molecule has 2 aromatic rings. The van der Waals surface area contributed by atoms with E-state index in [1.807, 2.05) is 0 Å². The van der Waals surface area contributed by atoms with Gasteiger partial charge in [0.05, 0.1) is 13.7 Å². The number of hydrogen-bond acceptors (Lipinski definition) is 1. The summed E-state index contributed by atoms with van der Waals surface area (Å²) in [5, 5.41) is 3.20. The minimum Gasteiger partial charge on any atom is -0.313 e. The highest BCUT2D eigenvalue weighted by atomic mass is 14.9. The summed E-state index contributed by atoms with van der Waals surface area (Å²) in [6.07, 6.45) is 1.37. The van der Waals surface area contributed by atoms with Crippen LogP contribution in [0, 0.1) is 0 Å². The molecule has 0 spiro atoms. The van der Waals surface area contributed by atoms with E-state index in [0.717, 1.165) is 6.42 Å². The molecule has 0 unspecified atom stereocenters. The van der Waals surface area contributed by atoms with Gasteiger partial charge in [-0.25, -0.2) is 0 Å². The zero-order chi connectivity index (χ0) is 20.9. The molecule has 0 bridgehead atoms. The molecule has 1 N–H and O–H groups in total. The Morgan fingerprint density at radius 2 is 1.50 bits per heavy atom. The van der Waals surface area contributed by atoms with Gasteiger partial charge in [0, 0.05) is 12.0 Å². The lowest BCUT2D eigenvalue weighted by Crippen LogP contribution is -2.29. The number of nitrogens with one attached hydrogen (secondary N) is 1. The maximum Gasteiger partial charge on any atom is 0.0626 e. The van der Waals surface area contributed by atoms with Crippen LogP contribution in [0.15, 0.2) is 60.4 Å².